The van der Waals surface area contributed by atoms with Gasteiger partial charge in [0.15, 0.2) is 0 Å². The second kappa shape index (κ2) is 7.81. The molecule has 0 N–H and O–H groups in total. The Hall–Kier alpha value is -0.393. The molecule has 0 spiro atoms. The van der Waals surface area contributed by atoms with Crippen molar-refractivity contribution in [2.75, 3.05) is 20.8 Å². The van der Waals surface area contributed by atoms with Crippen molar-refractivity contribution in [3.63, 3.8) is 0 Å². The van der Waals surface area contributed by atoms with E-state index in [0.717, 1.165) is 19.3 Å². The molecule has 0 aromatic carbocycles. The minimum Gasteiger partial charge on any atom is -0.466 e. The SMILES string of the molecule is CCCCCOC(=O)C(C)[Si](C)(OC)OC. The molecule has 0 aliphatic heterocycles. The molecule has 0 saturated carbocycles. The van der Waals surface area contributed by atoms with Crippen LogP contribution in [0.1, 0.15) is 33.1 Å². The Morgan fingerprint density at radius 3 is 2.25 bits per heavy atom. The van der Waals surface area contributed by atoms with Gasteiger partial charge in [0.25, 0.3) is 0 Å². The first kappa shape index (κ1) is 15.6. The van der Waals surface area contributed by atoms with Gasteiger partial charge in [-0.25, -0.2) is 0 Å². The lowest BCUT2D eigenvalue weighted by molar-refractivity contribution is -0.144. The summed E-state index contributed by atoms with van der Waals surface area (Å²) >= 11 is 0. The van der Waals surface area contributed by atoms with Gasteiger partial charge in [0.2, 0.25) is 0 Å². The zero-order chi connectivity index (χ0) is 12.6. The number of rotatable bonds is 8. The molecular formula is C11H24O4Si. The normalized spacial score (nSPS) is 13.6. The second-order valence-corrected chi connectivity index (χ2v) is 7.73. The molecule has 0 amide bonds. The summed E-state index contributed by atoms with van der Waals surface area (Å²) in [5.41, 5.74) is -0.302. The Kier molecular flexibility index (Phi) is 7.62. The maximum atomic E-state index is 11.7. The summed E-state index contributed by atoms with van der Waals surface area (Å²) < 4.78 is 15.8. The number of unbranched alkanes of at least 4 members (excludes halogenated alkanes) is 2. The lowest BCUT2D eigenvalue weighted by Gasteiger charge is -2.27. The fraction of sp³-hybridized carbons (Fsp3) is 0.909. The van der Waals surface area contributed by atoms with Gasteiger partial charge in [0.1, 0.15) is 0 Å². The minimum atomic E-state index is -2.41. The van der Waals surface area contributed by atoms with Crippen molar-refractivity contribution in [1.29, 1.82) is 0 Å². The van der Waals surface area contributed by atoms with Crippen molar-refractivity contribution in [3.05, 3.63) is 0 Å². The van der Waals surface area contributed by atoms with E-state index in [1.54, 1.807) is 21.1 Å². The van der Waals surface area contributed by atoms with Gasteiger partial charge in [-0.1, -0.05) is 19.8 Å². The number of hydrogen-bond acceptors (Lipinski definition) is 4. The van der Waals surface area contributed by atoms with Crippen LogP contribution in [0.4, 0.5) is 0 Å². The van der Waals surface area contributed by atoms with E-state index in [9.17, 15) is 4.79 Å². The summed E-state index contributed by atoms with van der Waals surface area (Å²) in [6, 6.07) is 0. The highest BCUT2D eigenvalue weighted by atomic mass is 28.4. The van der Waals surface area contributed by atoms with Gasteiger partial charge in [-0.3, -0.25) is 4.79 Å². The second-order valence-electron chi connectivity index (χ2n) is 4.02. The van der Waals surface area contributed by atoms with Gasteiger partial charge in [-0.15, -0.1) is 0 Å². The van der Waals surface area contributed by atoms with Gasteiger partial charge >= 0.3 is 14.5 Å². The Bertz CT molecular complexity index is 204. The smallest absolute Gasteiger partial charge is 0.348 e. The van der Waals surface area contributed by atoms with Crippen molar-refractivity contribution < 1.29 is 18.4 Å². The van der Waals surface area contributed by atoms with E-state index in [-0.39, 0.29) is 11.5 Å². The van der Waals surface area contributed by atoms with Crippen LogP contribution in [-0.2, 0) is 18.4 Å². The lowest BCUT2D eigenvalue weighted by atomic mass is 10.3. The van der Waals surface area contributed by atoms with Crippen molar-refractivity contribution in [1.82, 2.24) is 0 Å². The monoisotopic (exact) mass is 248 g/mol. The summed E-state index contributed by atoms with van der Waals surface area (Å²) in [7, 11) is 0.753. The molecule has 0 aromatic heterocycles. The van der Waals surface area contributed by atoms with E-state index in [4.69, 9.17) is 13.6 Å². The zero-order valence-electron chi connectivity index (χ0n) is 11.0. The molecule has 1 unspecified atom stereocenters. The summed E-state index contributed by atoms with van der Waals surface area (Å²) in [6.45, 7) is 6.28. The molecule has 0 radical (unpaired) electrons. The van der Waals surface area contributed by atoms with Crippen LogP contribution >= 0.6 is 0 Å². The molecule has 0 saturated heterocycles. The van der Waals surface area contributed by atoms with Crippen LogP contribution in [0.3, 0.4) is 0 Å². The van der Waals surface area contributed by atoms with E-state index < -0.39 is 8.56 Å². The molecule has 0 rings (SSSR count). The third kappa shape index (κ3) is 4.63. The fourth-order valence-electron chi connectivity index (χ4n) is 1.30. The number of ether oxygens (including phenoxy) is 1. The molecule has 16 heavy (non-hydrogen) atoms. The number of carbonyl (C=O) groups is 1. The van der Waals surface area contributed by atoms with Gasteiger partial charge < -0.3 is 13.6 Å². The molecule has 0 heterocycles. The topological polar surface area (TPSA) is 44.8 Å². The summed E-state index contributed by atoms with van der Waals surface area (Å²) in [4.78, 5) is 11.7. The Morgan fingerprint density at radius 2 is 1.81 bits per heavy atom. The maximum Gasteiger partial charge on any atom is 0.348 e. The van der Waals surface area contributed by atoms with Crippen molar-refractivity contribution in [2.24, 2.45) is 0 Å². The number of hydrogen-bond donors (Lipinski definition) is 0. The number of carbonyl (C=O) groups excluding carboxylic acids is 1. The third-order valence-electron chi connectivity index (χ3n) is 2.94. The first-order valence-electron chi connectivity index (χ1n) is 5.78. The van der Waals surface area contributed by atoms with E-state index in [1.165, 1.54) is 0 Å². The van der Waals surface area contributed by atoms with Crippen LogP contribution in [-0.4, -0.2) is 35.4 Å². The zero-order valence-corrected chi connectivity index (χ0v) is 12.0. The summed E-state index contributed by atoms with van der Waals surface area (Å²) in [5, 5.41) is 0. The molecule has 0 aliphatic carbocycles. The van der Waals surface area contributed by atoms with Crippen molar-refractivity contribution in [2.45, 2.75) is 45.2 Å². The van der Waals surface area contributed by atoms with Gasteiger partial charge in [0.05, 0.1) is 12.1 Å². The fourth-order valence-corrected chi connectivity index (χ4v) is 2.69. The largest absolute Gasteiger partial charge is 0.466 e. The van der Waals surface area contributed by atoms with E-state index in [1.807, 2.05) is 6.55 Å². The minimum absolute atomic E-state index is 0.214. The Balaban J connectivity index is 4.07. The van der Waals surface area contributed by atoms with Crippen LogP contribution in [0.15, 0.2) is 0 Å². The van der Waals surface area contributed by atoms with E-state index in [2.05, 4.69) is 6.92 Å². The first-order valence-corrected chi connectivity index (χ1v) is 8.18. The predicted octanol–water partition coefficient (Wildman–Crippen LogP) is 2.47. The first-order chi connectivity index (χ1) is 7.51. The molecule has 4 nitrogen and oxygen atoms in total. The van der Waals surface area contributed by atoms with E-state index in [0.29, 0.717) is 6.61 Å². The average molecular weight is 248 g/mol. The highest BCUT2D eigenvalue weighted by molar-refractivity contribution is 6.70. The maximum absolute atomic E-state index is 11.7. The molecule has 1 atom stereocenters. The van der Waals surface area contributed by atoms with Crippen molar-refractivity contribution in [3.8, 4) is 0 Å². The molecule has 0 bridgehead atoms. The van der Waals surface area contributed by atoms with Gasteiger partial charge in [-0.2, -0.15) is 0 Å². The van der Waals surface area contributed by atoms with Crippen LogP contribution in [0.2, 0.25) is 12.1 Å². The van der Waals surface area contributed by atoms with E-state index >= 15 is 0 Å². The average Bonchev–Trinajstić information content (AvgIpc) is 2.32. The molecule has 5 heteroatoms. The number of esters is 1. The molecule has 96 valence electrons. The van der Waals surface area contributed by atoms with Gasteiger partial charge in [0, 0.05) is 14.2 Å². The lowest BCUT2D eigenvalue weighted by Crippen LogP contribution is -2.44. The van der Waals surface area contributed by atoms with Crippen LogP contribution < -0.4 is 0 Å². The van der Waals surface area contributed by atoms with Gasteiger partial charge in [-0.05, 0) is 19.9 Å². The summed E-state index contributed by atoms with van der Waals surface area (Å²) in [5.74, 6) is -0.214. The van der Waals surface area contributed by atoms with Crippen LogP contribution in [0.5, 0.6) is 0 Å². The van der Waals surface area contributed by atoms with Crippen LogP contribution in [0, 0.1) is 0 Å². The molecule has 0 aliphatic rings. The summed E-state index contributed by atoms with van der Waals surface area (Å²) in [6.07, 6.45) is 3.13. The molecule has 0 fully saturated rings. The Morgan fingerprint density at radius 1 is 1.25 bits per heavy atom. The molecule has 0 aromatic rings. The molecular weight excluding hydrogens is 224 g/mol. The third-order valence-corrected chi connectivity index (χ3v) is 6.37. The highest BCUT2D eigenvalue weighted by Gasteiger charge is 2.42. The predicted molar refractivity (Wildman–Crippen MR) is 65.5 cm³/mol. The van der Waals surface area contributed by atoms with Crippen molar-refractivity contribution >= 4 is 14.5 Å². The highest BCUT2D eigenvalue weighted by Crippen LogP contribution is 2.24. The quantitative estimate of drug-likeness (QED) is 0.376. The Labute approximate surface area is 99.5 Å². The van der Waals surface area contributed by atoms with Crippen LogP contribution in [0.25, 0.3) is 0 Å². The standard InChI is InChI=1S/C11H24O4Si/c1-6-7-8-9-15-11(12)10(2)16(5,13-3)14-4/h10H,6-9H2,1-5H3.